The van der Waals surface area contributed by atoms with Crippen molar-refractivity contribution in [3.05, 3.63) is 48.5 Å². The summed E-state index contributed by atoms with van der Waals surface area (Å²) in [7, 11) is 0. The van der Waals surface area contributed by atoms with Crippen LogP contribution in [0.5, 0.6) is 0 Å². The third-order valence-corrected chi connectivity index (χ3v) is 16.3. The molecule has 0 aromatic heterocycles. The Labute approximate surface area is 422 Å². The summed E-state index contributed by atoms with van der Waals surface area (Å²) in [4.78, 5) is 21.2. The number of aliphatic hydroxyl groups is 16. The van der Waals surface area contributed by atoms with E-state index in [-0.39, 0.29) is 24.7 Å². The number of amides is 2. The van der Waals surface area contributed by atoms with Crippen LogP contribution in [-0.4, -0.2) is 240 Å². The Kier molecular flexibility index (Phi) is 20.3. The number of carbonyl (C=O) groups is 2. The average molecular weight is 1070 g/mol. The lowest BCUT2D eigenvalue weighted by Gasteiger charge is -2.55. The zero-order valence-electron chi connectivity index (χ0n) is 39.0. The van der Waals surface area contributed by atoms with Gasteiger partial charge in [0.2, 0.25) is 11.8 Å². The van der Waals surface area contributed by atoms with E-state index in [1.165, 1.54) is 24.3 Å². The number of thioether (sulfide) groups is 2. The van der Waals surface area contributed by atoms with Crippen LogP contribution in [-0.2, 0) is 28.5 Å². The molecule has 0 saturated carbocycles. The molecule has 4 aliphatic heterocycles. The molecule has 406 valence electrons. The monoisotopic (exact) mass is 1060 g/mol. The maximum Gasteiger partial charge on any atom is 0.224 e. The Morgan fingerprint density at radius 2 is 0.819 bits per heavy atom. The van der Waals surface area contributed by atoms with Crippen LogP contribution in [0.25, 0.3) is 0 Å². The quantitative estimate of drug-likeness (QED) is 0.0415. The smallest absolute Gasteiger partial charge is 0.224 e. The van der Waals surface area contributed by atoms with Crippen LogP contribution in [0.15, 0.2) is 58.3 Å². The van der Waals surface area contributed by atoms with E-state index in [1.807, 2.05) is 0 Å². The predicted octanol–water partition coefficient (Wildman–Crippen LogP) is -4.40. The summed E-state index contributed by atoms with van der Waals surface area (Å²) < 4.78 is 22.0. The lowest BCUT2D eigenvalue weighted by molar-refractivity contribution is -0.328. The number of unbranched alkanes of at least 4 members (excludes halogenated alkanes) is 5. The van der Waals surface area contributed by atoms with Crippen LogP contribution in [0.3, 0.4) is 0 Å². The van der Waals surface area contributed by atoms with E-state index in [0.717, 1.165) is 25.7 Å². The molecule has 6 rings (SSSR count). The van der Waals surface area contributed by atoms with Crippen molar-refractivity contribution in [1.29, 1.82) is 0 Å². The molecule has 4 aliphatic rings. The Hall–Kier alpha value is -2.72. The molecular weight excluding hydrogens is 997 g/mol. The first-order valence-electron chi connectivity index (χ1n) is 23.6. The molecule has 2 amide bonds. The van der Waals surface area contributed by atoms with E-state index in [9.17, 15) is 91.3 Å². The molecule has 72 heavy (non-hydrogen) atoms. The maximum atomic E-state index is 12.7. The van der Waals surface area contributed by atoms with Crippen LogP contribution in [0, 0.1) is 0 Å². The molecule has 26 heteroatoms. The highest BCUT2D eigenvalue weighted by Crippen LogP contribution is 2.49. The Balaban J connectivity index is 0.888. The largest absolute Gasteiger partial charge is 0.394 e. The second-order valence-electron chi connectivity index (χ2n) is 18.7. The van der Waals surface area contributed by atoms with Crippen LogP contribution >= 0.6 is 23.5 Å². The normalized spacial score (nSPS) is 39.3. The third kappa shape index (κ3) is 12.4. The van der Waals surface area contributed by atoms with Crippen LogP contribution in [0.2, 0.25) is 0 Å². The number of ether oxygens (including phenoxy) is 4. The fraction of sp³-hybridized carbons (Fsp3) is 0.696. The van der Waals surface area contributed by atoms with Gasteiger partial charge in [0.25, 0.3) is 0 Å². The SMILES string of the molecule is O=C(CCCCCCCCC(=O)Nc1ccc(S[C@@]2(O)[C@H](O)[C@](O)([C@@H]3O[C@H](CO)[C@@H](O)[C@H](O)[C@H]3O)CO[C@@H]2CO)cc1)Nc1ccc(S[C@@]2(O)[C@H](O)[C@](O)([C@@H]3O[C@H](CO)[C@@H](O)[C@H](O)[C@H]3O)CO[C@@H]2CO)cc1. The molecule has 24 nitrogen and oxygen atoms in total. The molecule has 4 fully saturated rings. The van der Waals surface area contributed by atoms with Gasteiger partial charge in [0.05, 0.1) is 39.6 Å². The molecule has 2 aromatic rings. The molecule has 18 N–H and O–H groups in total. The zero-order chi connectivity index (χ0) is 52.8. The average Bonchev–Trinajstić information content (AvgIpc) is 3.36. The van der Waals surface area contributed by atoms with Crippen LogP contribution < -0.4 is 10.6 Å². The van der Waals surface area contributed by atoms with Gasteiger partial charge in [-0.3, -0.25) is 9.59 Å². The van der Waals surface area contributed by atoms with Crippen LogP contribution in [0.4, 0.5) is 11.4 Å². The topological polar surface area (TPSA) is 419 Å². The number of anilines is 2. The number of aliphatic hydroxyl groups excluding tert-OH is 12. The van der Waals surface area contributed by atoms with Gasteiger partial charge in [-0.2, -0.15) is 0 Å². The van der Waals surface area contributed by atoms with Crippen molar-refractivity contribution < 1.29 is 110 Å². The minimum Gasteiger partial charge on any atom is -0.394 e. The minimum atomic E-state index is -2.58. The standard InChI is InChI=1S/C46H68N2O22S2/c49-17-27-33(55)35(57)37(59)39(69-27)43(63)21-67-29(19-51)45(65,41(43)61)71-25-13-9-23(10-14-25)47-31(53)7-5-3-1-2-4-6-8-32(54)48-24-11-15-26(16-12-24)72-46(66)30(20-52)68-22-44(64,42(46)62)40-38(60)36(58)34(56)28(18-50)70-40/h9-16,27-30,33-42,49-52,55-66H,1-8,17-22H2,(H,47,53)(H,48,54)/t27-,28-,29-,30-,33-,34-,35+,36+,37-,38-,39-,40-,41-,42-,43-,44-,45-,46-/m1/s1. The lowest BCUT2D eigenvalue weighted by Crippen LogP contribution is -2.76. The number of carbonyl (C=O) groups excluding carboxylic acids is 2. The van der Waals surface area contributed by atoms with Crippen molar-refractivity contribution in [2.45, 2.75) is 168 Å². The second-order valence-corrected chi connectivity index (χ2v) is 21.4. The minimum absolute atomic E-state index is 0.230. The number of rotatable bonds is 21. The molecule has 18 atom stereocenters. The molecule has 0 aliphatic carbocycles. The van der Waals surface area contributed by atoms with Crippen molar-refractivity contribution in [2.75, 3.05) is 50.3 Å². The first-order chi connectivity index (χ1) is 34.1. The van der Waals surface area contributed by atoms with E-state index in [2.05, 4.69) is 10.6 Å². The number of benzene rings is 2. The van der Waals surface area contributed by atoms with Gasteiger partial charge in [0, 0.05) is 34.0 Å². The summed E-state index contributed by atoms with van der Waals surface area (Å²) >= 11 is 1.25. The van der Waals surface area contributed by atoms with Crippen molar-refractivity contribution in [1.82, 2.24) is 0 Å². The van der Waals surface area contributed by atoms with E-state index in [0.29, 0.717) is 57.5 Å². The molecule has 0 unspecified atom stereocenters. The maximum absolute atomic E-state index is 12.7. The van der Waals surface area contributed by atoms with Gasteiger partial charge in [-0.15, -0.1) is 0 Å². The number of hydrogen-bond donors (Lipinski definition) is 18. The van der Waals surface area contributed by atoms with Gasteiger partial charge in [0.15, 0.2) is 9.87 Å². The summed E-state index contributed by atoms with van der Waals surface area (Å²) in [5.41, 5.74) is -4.31. The van der Waals surface area contributed by atoms with Gasteiger partial charge in [0.1, 0.15) is 96.7 Å². The van der Waals surface area contributed by atoms with Crippen molar-refractivity contribution in [3.8, 4) is 0 Å². The summed E-state index contributed by atoms with van der Waals surface area (Å²) in [5.74, 6) is -0.494. The Bertz CT molecular complexity index is 1920. The molecule has 0 radical (unpaired) electrons. The predicted molar refractivity (Wildman–Crippen MR) is 252 cm³/mol. The second kappa shape index (κ2) is 25.0. The first kappa shape index (κ1) is 58.5. The van der Waals surface area contributed by atoms with Gasteiger partial charge >= 0.3 is 0 Å². The highest BCUT2D eigenvalue weighted by molar-refractivity contribution is 8.00. The molecule has 0 bridgehead atoms. The zero-order valence-corrected chi connectivity index (χ0v) is 40.7. The van der Waals surface area contributed by atoms with Crippen molar-refractivity contribution >= 4 is 46.7 Å². The van der Waals surface area contributed by atoms with Gasteiger partial charge in [-0.05, 0) is 61.4 Å². The van der Waals surface area contributed by atoms with Crippen molar-refractivity contribution in [3.63, 3.8) is 0 Å². The van der Waals surface area contributed by atoms with Gasteiger partial charge in [-0.1, -0.05) is 49.2 Å². The highest BCUT2D eigenvalue weighted by atomic mass is 32.2. The van der Waals surface area contributed by atoms with E-state index in [4.69, 9.17) is 18.9 Å². The molecule has 2 aromatic carbocycles. The van der Waals surface area contributed by atoms with Crippen LogP contribution in [0.1, 0.15) is 51.4 Å². The van der Waals surface area contributed by atoms with Gasteiger partial charge in [-0.25, -0.2) is 0 Å². The summed E-state index contributed by atoms with van der Waals surface area (Å²) in [6, 6.07) is 12.2. The molecule has 0 spiro atoms. The van der Waals surface area contributed by atoms with E-state index >= 15 is 0 Å². The van der Waals surface area contributed by atoms with E-state index < -0.39 is 146 Å². The summed E-state index contributed by atoms with van der Waals surface area (Å²) in [6.07, 6.45) is -20.1. The molecule has 4 heterocycles. The Morgan fingerprint density at radius 3 is 1.14 bits per heavy atom. The molecule has 4 saturated heterocycles. The first-order valence-corrected chi connectivity index (χ1v) is 25.2. The van der Waals surface area contributed by atoms with E-state index in [1.54, 1.807) is 24.3 Å². The number of hydrogen-bond acceptors (Lipinski definition) is 24. The highest BCUT2D eigenvalue weighted by Gasteiger charge is 2.67. The summed E-state index contributed by atoms with van der Waals surface area (Å²) in [5, 5.41) is 176. The fourth-order valence-electron chi connectivity index (χ4n) is 9.36. The third-order valence-electron chi connectivity index (χ3n) is 13.7. The summed E-state index contributed by atoms with van der Waals surface area (Å²) in [6.45, 7) is -4.70. The Morgan fingerprint density at radius 1 is 0.486 bits per heavy atom. The molecular formula is C46H68N2O22S2. The number of nitrogens with one attached hydrogen (secondary N) is 2. The lowest BCUT2D eigenvalue weighted by atomic mass is 9.77. The van der Waals surface area contributed by atoms with Gasteiger partial charge < -0.3 is 111 Å². The van der Waals surface area contributed by atoms with Crippen molar-refractivity contribution in [2.24, 2.45) is 0 Å². The fourth-order valence-corrected chi connectivity index (χ4v) is 11.8.